The van der Waals surface area contributed by atoms with Crippen molar-refractivity contribution in [3.05, 3.63) is 23.8 Å². The predicted octanol–water partition coefficient (Wildman–Crippen LogP) is 0.626. The molecule has 0 saturated carbocycles. The Hall–Kier alpha value is -1.11. The Morgan fingerprint density at radius 3 is 2.59 bits per heavy atom. The van der Waals surface area contributed by atoms with Crippen molar-refractivity contribution in [3.63, 3.8) is 0 Å². The van der Waals surface area contributed by atoms with E-state index in [1.807, 2.05) is 6.92 Å². The molecule has 0 aromatic heterocycles. The molecule has 17 heavy (non-hydrogen) atoms. The third kappa shape index (κ3) is 3.42. The van der Waals surface area contributed by atoms with Crippen molar-refractivity contribution in [1.82, 2.24) is 4.72 Å². The molecule has 0 spiro atoms. The van der Waals surface area contributed by atoms with Crippen LogP contribution in [0.3, 0.4) is 0 Å². The molecular formula is C11H18N2O3S. The van der Waals surface area contributed by atoms with Crippen LogP contribution in [-0.4, -0.2) is 26.2 Å². The van der Waals surface area contributed by atoms with Crippen LogP contribution in [0.5, 0.6) is 0 Å². The molecule has 1 rings (SSSR count). The number of benzene rings is 1. The minimum absolute atomic E-state index is 0.118. The first-order chi connectivity index (χ1) is 7.90. The van der Waals surface area contributed by atoms with E-state index in [4.69, 9.17) is 10.8 Å². The highest BCUT2D eigenvalue weighted by atomic mass is 32.2. The lowest BCUT2D eigenvalue weighted by atomic mass is 10.2. The van der Waals surface area contributed by atoms with E-state index in [1.54, 1.807) is 13.0 Å². The number of hydrogen-bond donors (Lipinski definition) is 3. The zero-order chi connectivity index (χ0) is 13.1. The number of nitrogens with one attached hydrogen (secondary N) is 1. The van der Waals surface area contributed by atoms with Crippen LogP contribution in [-0.2, 0) is 10.0 Å². The van der Waals surface area contributed by atoms with Crippen LogP contribution in [0.15, 0.2) is 23.1 Å². The molecule has 5 nitrogen and oxygen atoms in total. The lowest BCUT2D eigenvalue weighted by Gasteiger charge is -2.14. The fraction of sp³-hybridized carbons (Fsp3) is 0.455. The average molecular weight is 258 g/mol. The SMILES string of the molecule is CCC(CO)NS(=O)(=O)c1ccc(C)c(N)c1. The second kappa shape index (κ2) is 5.48. The summed E-state index contributed by atoms with van der Waals surface area (Å²) in [4.78, 5) is 0.118. The van der Waals surface area contributed by atoms with Crippen LogP contribution >= 0.6 is 0 Å². The fourth-order valence-corrected chi connectivity index (χ4v) is 2.67. The van der Waals surface area contributed by atoms with E-state index in [1.165, 1.54) is 12.1 Å². The summed E-state index contributed by atoms with van der Waals surface area (Å²) in [7, 11) is -3.61. The first-order valence-corrected chi connectivity index (χ1v) is 6.88. The summed E-state index contributed by atoms with van der Waals surface area (Å²) >= 11 is 0. The Morgan fingerprint density at radius 1 is 1.47 bits per heavy atom. The van der Waals surface area contributed by atoms with Gasteiger partial charge in [0.15, 0.2) is 0 Å². The molecule has 0 fully saturated rings. The number of aryl methyl sites for hydroxylation is 1. The zero-order valence-corrected chi connectivity index (χ0v) is 10.8. The van der Waals surface area contributed by atoms with Crippen molar-refractivity contribution in [2.24, 2.45) is 0 Å². The van der Waals surface area contributed by atoms with E-state index < -0.39 is 16.1 Å². The Bertz CT molecular complexity index is 481. The maximum atomic E-state index is 11.9. The third-order valence-corrected chi connectivity index (χ3v) is 4.11. The molecule has 0 saturated heterocycles. The van der Waals surface area contributed by atoms with Gasteiger partial charge in [0.25, 0.3) is 0 Å². The maximum Gasteiger partial charge on any atom is 0.240 e. The van der Waals surface area contributed by atoms with Crippen LogP contribution in [0.4, 0.5) is 5.69 Å². The Balaban J connectivity index is 3.01. The lowest BCUT2D eigenvalue weighted by Crippen LogP contribution is -2.36. The topological polar surface area (TPSA) is 92.4 Å². The molecule has 4 N–H and O–H groups in total. The number of nitrogens with two attached hydrogens (primary N) is 1. The summed E-state index contributed by atoms with van der Waals surface area (Å²) in [5, 5.41) is 8.98. The van der Waals surface area contributed by atoms with Gasteiger partial charge < -0.3 is 10.8 Å². The summed E-state index contributed by atoms with van der Waals surface area (Å²) in [6, 6.07) is 4.10. The van der Waals surface area contributed by atoms with Crippen LogP contribution in [0.25, 0.3) is 0 Å². The molecule has 1 aromatic carbocycles. The van der Waals surface area contributed by atoms with Gasteiger partial charge in [-0.15, -0.1) is 0 Å². The molecule has 6 heteroatoms. The minimum atomic E-state index is -3.61. The highest BCUT2D eigenvalue weighted by molar-refractivity contribution is 7.89. The molecule has 1 aromatic rings. The van der Waals surface area contributed by atoms with E-state index in [0.717, 1.165) is 5.56 Å². The number of hydrogen-bond acceptors (Lipinski definition) is 4. The van der Waals surface area contributed by atoms with Crippen LogP contribution in [0, 0.1) is 6.92 Å². The highest BCUT2D eigenvalue weighted by Gasteiger charge is 2.18. The quantitative estimate of drug-likeness (QED) is 0.675. The van der Waals surface area contributed by atoms with Gasteiger partial charge in [-0.05, 0) is 31.0 Å². The van der Waals surface area contributed by atoms with Gasteiger partial charge >= 0.3 is 0 Å². The van der Waals surface area contributed by atoms with Gasteiger partial charge in [0, 0.05) is 11.7 Å². The normalized spacial score (nSPS) is 13.6. The van der Waals surface area contributed by atoms with E-state index in [-0.39, 0.29) is 11.5 Å². The first kappa shape index (κ1) is 14.0. The third-order valence-electron chi connectivity index (χ3n) is 2.60. The predicted molar refractivity (Wildman–Crippen MR) is 67.1 cm³/mol. The summed E-state index contributed by atoms with van der Waals surface area (Å²) in [5.74, 6) is 0. The molecule has 0 aliphatic carbocycles. The van der Waals surface area contributed by atoms with E-state index >= 15 is 0 Å². The monoisotopic (exact) mass is 258 g/mol. The van der Waals surface area contributed by atoms with Crippen molar-refractivity contribution in [3.8, 4) is 0 Å². The molecule has 0 aliphatic heterocycles. The number of aliphatic hydroxyl groups is 1. The van der Waals surface area contributed by atoms with Gasteiger partial charge in [0.2, 0.25) is 10.0 Å². The second-order valence-corrected chi connectivity index (χ2v) is 5.64. The van der Waals surface area contributed by atoms with E-state index in [2.05, 4.69) is 4.72 Å². The standard InChI is InChI=1S/C11H18N2O3S/c1-3-9(7-14)13-17(15,16)10-5-4-8(2)11(12)6-10/h4-6,9,13-14H,3,7,12H2,1-2H3. The number of nitrogen functional groups attached to an aromatic ring is 1. The average Bonchev–Trinajstić information content (AvgIpc) is 2.29. The summed E-state index contributed by atoms with van der Waals surface area (Å²) in [6.45, 7) is 3.38. The lowest BCUT2D eigenvalue weighted by molar-refractivity contribution is 0.254. The zero-order valence-electron chi connectivity index (χ0n) is 9.97. The Morgan fingerprint density at radius 2 is 2.12 bits per heavy atom. The van der Waals surface area contributed by atoms with Crippen LogP contribution < -0.4 is 10.5 Å². The van der Waals surface area contributed by atoms with Crippen LogP contribution in [0.1, 0.15) is 18.9 Å². The molecule has 96 valence electrons. The van der Waals surface area contributed by atoms with Gasteiger partial charge in [0.05, 0.1) is 11.5 Å². The minimum Gasteiger partial charge on any atom is -0.398 e. The number of anilines is 1. The number of aliphatic hydroxyl groups excluding tert-OH is 1. The van der Waals surface area contributed by atoms with E-state index in [0.29, 0.717) is 12.1 Å². The van der Waals surface area contributed by atoms with Gasteiger partial charge in [-0.1, -0.05) is 13.0 Å². The number of sulfonamides is 1. The molecule has 0 bridgehead atoms. The van der Waals surface area contributed by atoms with Crippen LogP contribution in [0.2, 0.25) is 0 Å². The van der Waals surface area contributed by atoms with Crippen molar-refractivity contribution in [2.75, 3.05) is 12.3 Å². The molecule has 0 amide bonds. The molecule has 0 radical (unpaired) electrons. The van der Waals surface area contributed by atoms with Gasteiger partial charge in [-0.25, -0.2) is 13.1 Å². The molecule has 0 heterocycles. The Kier molecular flexibility index (Phi) is 4.50. The largest absolute Gasteiger partial charge is 0.398 e. The highest BCUT2D eigenvalue weighted by Crippen LogP contribution is 2.17. The maximum absolute atomic E-state index is 11.9. The summed E-state index contributed by atoms with van der Waals surface area (Å²) in [5.41, 5.74) is 6.94. The fourth-order valence-electron chi connectivity index (χ4n) is 1.32. The second-order valence-electron chi connectivity index (χ2n) is 3.93. The molecule has 1 unspecified atom stereocenters. The Labute approximate surface area is 102 Å². The van der Waals surface area contributed by atoms with Crippen molar-refractivity contribution >= 4 is 15.7 Å². The van der Waals surface area contributed by atoms with Gasteiger partial charge in [-0.3, -0.25) is 0 Å². The van der Waals surface area contributed by atoms with Crippen molar-refractivity contribution < 1.29 is 13.5 Å². The number of rotatable bonds is 5. The molecular weight excluding hydrogens is 240 g/mol. The first-order valence-electron chi connectivity index (χ1n) is 5.40. The smallest absolute Gasteiger partial charge is 0.240 e. The van der Waals surface area contributed by atoms with Gasteiger partial charge in [-0.2, -0.15) is 0 Å². The summed E-state index contributed by atoms with van der Waals surface area (Å²) < 4.78 is 26.3. The molecule has 1 atom stereocenters. The van der Waals surface area contributed by atoms with Gasteiger partial charge in [0.1, 0.15) is 0 Å². The molecule has 0 aliphatic rings. The summed E-state index contributed by atoms with van der Waals surface area (Å²) in [6.07, 6.45) is 0.525. The van der Waals surface area contributed by atoms with Crippen molar-refractivity contribution in [1.29, 1.82) is 0 Å². The van der Waals surface area contributed by atoms with E-state index in [9.17, 15) is 8.42 Å². The van der Waals surface area contributed by atoms with Crippen molar-refractivity contribution in [2.45, 2.75) is 31.2 Å².